The van der Waals surface area contributed by atoms with Gasteiger partial charge < -0.3 is 29.5 Å². The van der Waals surface area contributed by atoms with Gasteiger partial charge in [0.05, 0.1) is 6.61 Å². The molecule has 0 unspecified atom stereocenters. The molecule has 170 valence electrons. The molecule has 0 rings (SSSR count). The van der Waals surface area contributed by atoms with Crippen LogP contribution in [0.1, 0.15) is 40.0 Å². The van der Waals surface area contributed by atoms with Crippen LogP contribution >= 0.6 is 0 Å². The molecule has 12 nitrogen and oxygen atoms in total. The second-order valence-corrected chi connectivity index (χ2v) is 6.54. The zero-order valence-corrected chi connectivity index (χ0v) is 16.9. The normalized spacial score (nSPS) is 14.6. The van der Waals surface area contributed by atoms with Gasteiger partial charge in [0.1, 0.15) is 55.4 Å². The SMILES string of the molecule is CC(=O)CC(=O)OC[C@H](OC(=O)CC(C)=O)[C@@H](OC(=O)CC(C)=O)[C@H](O)[C@H](O)CO. The maximum absolute atomic E-state index is 11.9. The van der Waals surface area contributed by atoms with Gasteiger partial charge in [-0.25, -0.2) is 0 Å². The van der Waals surface area contributed by atoms with Crippen molar-refractivity contribution in [1.29, 1.82) is 0 Å². The van der Waals surface area contributed by atoms with E-state index < -0.39 is 92.1 Å². The first-order valence-corrected chi connectivity index (χ1v) is 8.87. The molecule has 0 amide bonds. The monoisotopic (exact) mass is 434 g/mol. The van der Waals surface area contributed by atoms with Gasteiger partial charge in [0.15, 0.2) is 12.2 Å². The molecule has 0 aromatic heterocycles. The van der Waals surface area contributed by atoms with E-state index in [9.17, 15) is 39.0 Å². The van der Waals surface area contributed by atoms with Crippen molar-refractivity contribution in [1.82, 2.24) is 0 Å². The van der Waals surface area contributed by atoms with Crippen molar-refractivity contribution in [3.8, 4) is 0 Å². The van der Waals surface area contributed by atoms with Crippen molar-refractivity contribution in [2.75, 3.05) is 13.2 Å². The molecule has 0 radical (unpaired) electrons. The molecular formula is C18H26O12. The number of hydrogen-bond acceptors (Lipinski definition) is 12. The van der Waals surface area contributed by atoms with Gasteiger partial charge >= 0.3 is 17.9 Å². The topological polar surface area (TPSA) is 191 Å². The molecule has 0 aromatic carbocycles. The third-order valence-corrected chi connectivity index (χ3v) is 3.42. The summed E-state index contributed by atoms with van der Waals surface area (Å²) in [5, 5.41) is 29.0. The highest BCUT2D eigenvalue weighted by molar-refractivity contribution is 5.95. The summed E-state index contributed by atoms with van der Waals surface area (Å²) in [6, 6.07) is 0. The molecular weight excluding hydrogens is 408 g/mol. The van der Waals surface area contributed by atoms with Crippen LogP contribution in [0.2, 0.25) is 0 Å². The highest BCUT2D eigenvalue weighted by atomic mass is 16.6. The number of aliphatic hydroxyl groups is 3. The summed E-state index contributed by atoms with van der Waals surface area (Å²) in [4.78, 5) is 68.6. The molecule has 0 spiro atoms. The van der Waals surface area contributed by atoms with Crippen LogP contribution in [0.4, 0.5) is 0 Å². The van der Waals surface area contributed by atoms with E-state index >= 15 is 0 Å². The Hall–Kier alpha value is -2.70. The van der Waals surface area contributed by atoms with E-state index in [2.05, 4.69) is 0 Å². The lowest BCUT2D eigenvalue weighted by molar-refractivity contribution is -0.193. The van der Waals surface area contributed by atoms with Crippen LogP contribution in [0.25, 0.3) is 0 Å². The molecule has 0 bridgehead atoms. The van der Waals surface area contributed by atoms with Crippen molar-refractivity contribution < 1.29 is 58.3 Å². The summed E-state index contributed by atoms with van der Waals surface area (Å²) in [7, 11) is 0. The van der Waals surface area contributed by atoms with Crippen LogP contribution in [0.5, 0.6) is 0 Å². The Morgan fingerprint density at radius 3 is 1.60 bits per heavy atom. The maximum atomic E-state index is 11.9. The Balaban J connectivity index is 5.69. The number of carbonyl (C=O) groups excluding carboxylic acids is 6. The zero-order chi connectivity index (χ0) is 23.4. The number of hydrogen-bond donors (Lipinski definition) is 3. The lowest BCUT2D eigenvalue weighted by atomic mass is 10.0. The van der Waals surface area contributed by atoms with Gasteiger partial charge in [0.2, 0.25) is 0 Å². The fourth-order valence-electron chi connectivity index (χ4n) is 2.13. The quantitative estimate of drug-likeness (QED) is 0.155. The van der Waals surface area contributed by atoms with E-state index in [1.807, 2.05) is 0 Å². The number of ketones is 3. The summed E-state index contributed by atoms with van der Waals surface area (Å²) >= 11 is 0. The largest absolute Gasteiger partial charge is 0.461 e. The molecule has 0 aliphatic carbocycles. The van der Waals surface area contributed by atoms with E-state index in [-0.39, 0.29) is 0 Å². The highest BCUT2D eigenvalue weighted by Crippen LogP contribution is 2.16. The van der Waals surface area contributed by atoms with Crippen LogP contribution < -0.4 is 0 Å². The summed E-state index contributed by atoms with van der Waals surface area (Å²) in [5.74, 6) is -4.97. The van der Waals surface area contributed by atoms with Crippen molar-refractivity contribution >= 4 is 35.3 Å². The Kier molecular flexibility index (Phi) is 12.3. The minimum Gasteiger partial charge on any atom is -0.461 e. The van der Waals surface area contributed by atoms with Crippen LogP contribution in [-0.2, 0) is 43.0 Å². The fourth-order valence-corrected chi connectivity index (χ4v) is 2.13. The number of esters is 3. The van der Waals surface area contributed by atoms with Gasteiger partial charge in [-0.15, -0.1) is 0 Å². The van der Waals surface area contributed by atoms with Gasteiger partial charge in [0.25, 0.3) is 0 Å². The molecule has 12 heteroatoms. The standard InChI is InChI=1S/C18H26O12/c1-9(20)4-14(24)28-8-13(29-15(25)5-10(2)21)18(17(27)12(23)7-19)30-16(26)6-11(3)22/h12-13,17-19,23,27H,4-8H2,1-3H3/t12-,13+,17-,18-/m1/s1. The predicted octanol–water partition coefficient (Wildman–Crippen LogP) is -2.00. The fraction of sp³-hybridized carbons (Fsp3) is 0.667. The summed E-state index contributed by atoms with van der Waals surface area (Å²) < 4.78 is 14.7. The van der Waals surface area contributed by atoms with Crippen molar-refractivity contribution in [3.63, 3.8) is 0 Å². The zero-order valence-electron chi connectivity index (χ0n) is 16.9. The van der Waals surface area contributed by atoms with Crippen LogP contribution in [-0.4, -0.2) is 88.2 Å². The number of aliphatic hydroxyl groups excluding tert-OH is 3. The minimum absolute atomic E-state index is 0.523. The second kappa shape index (κ2) is 13.5. The van der Waals surface area contributed by atoms with E-state index in [1.54, 1.807) is 0 Å². The van der Waals surface area contributed by atoms with Crippen molar-refractivity contribution in [3.05, 3.63) is 0 Å². The van der Waals surface area contributed by atoms with Gasteiger partial charge in [-0.05, 0) is 20.8 Å². The summed E-state index contributed by atoms with van der Waals surface area (Å²) in [6.45, 7) is 1.52. The number of Topliss-reactive ketones (excluding diaryl/α,β-unsaturated/α-hetero) is 3. The second-order valence-electron chi connectivity index (χ2n) is 6.54. The van der Waals surface area contributed by atoms with Gasteiger partial charge in [-0.1, -0.05) is 0 Å². The first kappa shape index (κ1) is 27.3. The Bertz CT molecular complexity index is 656. The molecule has 0 aromatic rings. The van der Waals surface area contributed by atoms with Gasteiger partial charge in [-0.3, -0.25) is 28.8 Å². The Morgan fingerprint density at radius 1 is 0.733 bits per heavy atom. The van der Waals surface area contributed by atoms with E-state index in [4.69, 9.17) is 19.3 Å². The van der Waals surface area contributed by atoms with Crippen molar-refractivity contribution in [2.45, 2.75) is 64.4 Å². The first-order valence-electron chi connectivity index (χ1n) is 8.87. The van der Waals surface area contributed by atoms with Crippen LogP contribution in [0.15, 0.2) is 0 Å². The lowest BCUT2D eigenvalue weighted by Crippen LogP contribution is -2.51. The Morgan fingerprint density at radius 2 is 1.17 bits per heavy atom. The predicted molar refractivity (Wildman–Crippen MR) is 95.7 cm³/mol. The average molecular weight is 434 g/mol. The molecule has 0 saturated carbocycles. The average Bonchev–Trinajstić information content (AvgIpc) is 2.60. The molecule has 4 atom stereocenters. The third kappa shape index (κ3) is 11.3. The molecule has 0 aliphatic heterocycles. The lowest BCUT2D eigenvalue weighted by Gasteiger charge is -2.31. The van der Waals surface area contributed by atoms with E-state index in [0.29, 0.717) is 0 Å². The van der Waals surface area contributed by atoms with Gasteiger partial charge in [0, 0.05) is 0 Å². The molecule has 30 heavy (non-hydrogen) atoms. The Labute approximate surface area is 172 Å². The summed E-state index contributed by atoms with van der Waals surface area (Å²) in [6.07, 6.45) is -9.49. The number of carbonyl (C=O) groups is 6. The number of ether oxygens (including phenoxy) is 3. The van der Waals surface area contributed by atoms with E-state index in [1.165, 1.54) is 0 Å². The highest BCUT2D eigenvalue weighted by Gasteiger charge is 2.39. The van der Waals surface area contributed by atoms with Gasteiger partial charge in [-0.2, -0.15) is 0 Å². The third-order valence-electron chi connectivity index (χ3n) is 3.42. The molecule has 3 N–H and O–H groups in total. The smallest absolute Gasteiger partial charge is 0.313 e. The first-order chi connectivity index (χ1) is 13.9. The molecule has 0 aliphatic rings. The minimum atomic E-state index is -2.02. The molecule has 0 heterocycles. The van der Waals surface area contributed by atoms with E-state index in [0.717, 1.165) is 20.8 Å². The number of rotatable bonds is 14. The van der Waals surface area contributed by atoms with Crippen LogP contribution in [0, 0.1) is 0 Å². The molecule has 0 saturated heterocycles. The summed E-state index contributed by atoms with van der Waals surface area (Å²) in [5.41, 5.74) is 0. The van der Waals surface area contributed by atoms with Crippen LogP contribution in [0.3, 0.4) is 0 Å². The maximum Gasteiger partial charge on any atom is 0.313 e. The molecule has 0 fully saturated rings. The van der Waals surface area contributed by atoms with Crippen molar-refractivity contribution in [2.24, 2.45) is 0 Å².